The highest BCUT2D eigenvalue weighted by Crippen LogP contribution is 2.12. The first-order valence-corrected chi connectivity index (χ1v) is 7.71. The summed E-state index contributed by atoms with van der Waals surface area (Å²) in [6.07, 6.45) is 2.76. The molecule has 0 unspecified atom stereocenters. The number of carbonyl (C=O) groups is 3. The van der Waals surface area contributed by atoms with Crippen LogP contribution in [-0.2, 0) is 14.3 Å². The summed E-state index contributed by atoms with van der Waals surface area (Å²) in [5.41, 5.74) is 5.58. The average molecular weight is 354 g/mol. The van der Waals surface area contributed by atoms with Crippen LogP contribution < -0.4 is 15.6 Å². The topological polar surface area (TPSA) is 93.7 Å². The third-order valence-corrected chi connectivity index (χ3v) is 3.22. The number of hydrazine groups is 1. The van der Waals surface area contributed by atoms with Gasteiger partial charge in [0.25, 0.3) is 11.8 Å². The lowest BCUT2D eigenvalue weighted by Gasteiger charge is -2.07. The quantitative estimate of drug-likeness (QED) is 0.468. The molecule has 2 amide bonds. The van der Waals surface area contributed by atoms with Crippen LogP contribution in [0.5, 0.6) is 5.75 Å². The molecule has 0 aliphatic carbocycles. The SMILES string of the molecule is COc1ccc(C=CC(=O)OCC(=O)NNC(=O)c2ccccc2)cc1. The first-order valence-electron chi connectivity index (χ1n) is 7.71. The van der Waals surface area contributed by atoms with E-state index in [1.54, 1.807) is 67.8 Å². The first-order chi connectivity index (χ1) is 12.6. The molecule has 0 spiro atoms. The zero-order chi connectivity index (χ0) is 18.8. The molecule has 134 valence electrons. The van der Waals surface area contributed by atoms with Gasteiger partial charge in [0.15, 0.2) is 6.61 Å². The van der Waals surface area contributed by atoms with Gasteiger partial charge in [0.05, 0.1) is 7.11 Å². The molecule has 0 radical (unpaired) electrons. The molecule has 0 aliphatic rings. The van der Waals surface area contributed by atoms with Gasteiger partial charge in [-0.05, 0) is 35.9 Å². The third-order valence-electron chi connectivity index (χ3n) is 3.22. The monoisotopic (exact) mass is 354 g/mol. The Bertz CT molecular complexity index is 785. The second kappa shape index (κ2) is 9.63. The van der Waals surface area contributed by atoms with E-state index in [2.05, 4.69) is 10.9 Å². The fourth-order valence-corrected chi connectivity index (χ4v) is 1.89. The second-order valence-corrected chi connectivity index (χ2v) is 5.08. The Balaban J connectivity index is 1.71. The molecule has 0 aliphatic heterocycles. The largest absolute Gasteiger partial charge is 0.497 e. The summed E-state index contributed by atoms with van der Waals surface area (Å²) in [4.78, 5) is 34.9. The molecule has 2 rings (SSSR count). The number of methoxy groups -OCH3 is 1. The van der Waals surface area contributed by atoms with Crippen LogP contribution in [0.3, 0.4) is 0 Å². The smallest absolute Gasteiger partial charge is 0.331 e. The maximum atomic E-state index is 11.7. The van der Waals surface area contributed by atoms with Gasteiger partial charge >= 0.3 is 5.97 Å². The highest BCUT2D eigenvalue weighted by Gasteiger charge is 2.08. The van der Waals surface area contributed by atoms with Gasteiger partial charge in [-0.2, -0.15) is 0 Å². The van der Waals surface area contributed by atoms with Gasteiger partial charge in [-0.1, -0.05) is 30.3 Å². The van der Waals surface area contributed by atoms with Crippen molar-refractivity contribution in [2.45, 2.75) is 0 Å². The zero-order valence-corrected chi connectivity index (χ0v) is 14.1. The maximum Gasteiger partial charge on any atom is 0.331 e. The van der Waals surface area contributed by atoms with Crippen molar-refractivity contribution in [3.8, 4) is 5.75 Å². The van der Waals surface area contributed by atoms with Gasteiger partial charge in [-0.15, -0.1) is 0 Å². The number of nitrogens with one attached hydrogen (secondary N) is 2. The lowest BCUT2D eigenvalue weighted by Crippen LogP contribution is -2.43. The van der Waals surface area contributed by atoms with Crippen molar-refractivity contribution < 1.29 is 23.9 Å². The Morgan fingerprint density at radius 2 is 1.65 bits per heavy atom. The van der Waals surface area contributed by atoms with Crippen LogP contribution in [0.15, 0.2) is 60.7 Å². The van der Waals surface area contributed by atoms with Crippen molar-refractivity contribution in [1.82, 2.24) is 10.9 Å². The van der Waals surface area contributed by atoms with E-state index in [-0.39, 0.29) is 0 Å². The predicted molar refractivity (Wildman–Crippen MR) is 95.0 cm³/mol. The van der Waals surface area contributed by atoms with Crippen LogP contribution in [0.25, 0.3) is 6.08 Å². The van der Waals surface area contributed by atoms with Crippen molar-refractivity contribution in [2.24, 2.45) is 0 Å². The molecule has 0 fully saturated rings. The van der Waals surface area contributed by atoms with Crippen LogP contribution in [0, 0.1) is 0 Å². The van der Waals surface area contributed by atoms with Crippen molar-refractivity contribution in [3.05, 3.63) is 71.8 Å². The predicted octanol–water partition coefficient (Wildman–Crippen LogP) is 1.71. The van der Waals surface area contributed by atoms with E-state index in [0.29, 0.717) is 11.3 Å². The lowest BCUT2D eigenvalue weighted by molar-refractivity contribution is -0.144. The Morgan fingerprint density at radius 1 is 0.962 bits per heavy atom. The number of carbonyl (C=O) groups excluding carboxylic acids is 3. The zero-order valence-electron chi connectivity index (χ0n) is 14.1. The molecule has 0 heterocycles. The van der Waals surface area contributed by atoms with Crippen LogP contribution in [0.1, 0.15) is 15.9 Å². The summed E-state index contributed by atoms with van der Waals surface area (Å²) in [6.45, 7) is -0.513. The fraction of sp³-hybridized carbons (Fsp3) is 0.105. The van der Waals surface area contributed by atoms with Gasteiger partial charge in [0.1, 0.15) is 5.75 Å². The normalized spacial score (nSPS) is 10.2. The number of ether oxygens (including phenoxy) is 2. The molecule has 7 heteroatoms. The molecule has 0 atom stereocenters. The molecule has 0 bridgehead atoms. The number of benzene rings is 2. The summed E-state index contributed by atoms with van der Waals surface area (Å²) < 4.78 is 9.83. The molecular formula is C19H18N2O5. The molecule has 2 aromatic rings. The van der Waals surface area contributed by atoms with Gasteiger partial charge in [-0.25, -0.2) is 4.79 Å². The number of esters is 1. The Labute approximate surface area is 150 Å². The van der Waals surface area contributed by atoms with Crippen molar-refractivity contribution in [3.63, 3.8) is 0 Å². The molecule has 2 N–H and O–H groups in total. The van der Waals surface area contributed by atoms with Crippen LogP contribution >= 0.6 is 0 Å². The molecule has 2 aromatic carbocycles. The summed E-state index contributed by atoms with van der Waals surface area (Å²) >= 11 is 0. The van der Waals surface area contributed by atoms with Gasteiger partial charge < -0.3 is 9.47 Å². The summed E-state index contributed by atoms with van der Waals surface area (Å²) in [5, 5.41) is 0. The van der Waals surface area contributed by atoms with E-state index in [9.17, 15) is 14.4 Å². The van der Waals surface area contributed by atoms with Crippen LogP contribution in [0.2, 0.25) is 0 Å². The Hall–Kier alpha value is -3.61. The van der Waals surface area contributed by atoms with Gasteiger partial charge in [0, 0.05) is 11.6 Å². The molecule has 0 saturated heterocycles. The second-order valence-electron chi connectivity index (χ2n) is 5.08. The third kappa shape index (κ3) is 6.12. The fourth-order valence-electron chi connectivity index (χ4n) is 1.89. The summed E-state index contributed by atoms with van der Waals surface area (Å²) in [6, 6.07) is 15.4. The molecule has 0 saturated carbocycles. The Kier molecular flexibility index (Phi) is 6.93. The van der Waals surface area contributed by atoms with Crippen molar-refractivity contribution in [2.75, 3.05) is 13.7 Å². The number of hydrogen-bond acceptors (Lipinski definition) is 5. The maximum absolute atomic E-state index is 11.7. The minimum atomic E-state index is -0.676. The van der Waals surface area contributed by atoms with E-state index in [1.807, 2.05) is 0 Å². The number of hydrogen-bond donors (Lipinski definition) is 2. The van der Waals surface area contributed by atoms with Gasteiger partial charge in [0.2, 0.25) is 0 Å². The minimum Gasteiger partial charge on any atom is -0.497 e. The van der Waals surface area contributed by atoms with E-state index < -0.39 is 24.4 Å². The van der Waals surface area contributed by atoms with E-state index in [1.165, 1.54) is 6.08 Å². The standard InChI is InChI=1S/C19H18N2O5/c1-25-16-10-7-14(8-11-16)9-12-18(23)26-13-17(22)20-21-19(24)15-5-3-2-4-6-15/h2-12H,13H2,1H3,(H,20,22)(H,21,24). The van der Waals surface area contributed by atoms with E-state index in [0.717, 1.165) is 5.56 Å². The molecule has 26 heavy (non-hydrogen) atoms. The highest BCUT2D eigenvalue weighted by atomic mass is 16.5. The van der Waals surface area contributed by atoms with Crippen molar-refractivity contribution >= 4 is 23.9 Å². The number of rotatable bonds is 6. The molecular weight excluding hydrogens is 336 g/mol. The molecule has 7 nitrogen and oxygen atoms in total. The lowest BCUT2D eigenvalue weighted by atomic mass is 10.2. The average Bonchev–Trinajstić information content (AvgIpc) is 2.69. The first kappa shape index (κ1) is 18.7. The van der Waals surface area contributed by atoms with Crippen LogP contribution in [-0.4, -0.2) is 31.5 Å². The molecule has 0 aromatic heterocycles. The van der Waals surface area contributed by atoms with E-state index in [4.69, 9.17) is 9.47 Å². The minimum absolute atomic E-state index is 0.396. The number of amides is 2. The van der Waals surface area contributed by atoms with Crippen LogP contribution in [0.4, 0.5) is 0 Å². The van der Waals surface area contributed by atoms with Crippen molar-refractivity contribution in [1.29, 1.82) is 0 Å². The van der Waals surface area contributed by atoms with Gasteiger partial charge in [-0.3, -0.25) is 20.4 Å². The highest BCUT2D eigenvalue weighted by molar-refractivity contribution is 5.95. The van der Waals surface area contributed by atoms with E-state index >= 15 is 0 Å². The Morgan fingerprint density at radius 3 is 2.31 bits per heavy atom. The summed E-state index contributed by atoms with van der Waals surface area (Å²) in [7, 11) is 1.57. The summed E-state index contributed by atoms with van der Waals surface area (Å²) in [5.74, 6) is -1.09.